The van der Waals surface area contributed by atoms with Crippen molar-refractivity contribution in [2.45, 2.75) is 52.7 Å². The van der Waals surface area contributed by atoms with Crippen molar-refractivity contribution in [3.63, 3.8) is 0 Å². The molecule has 0 aliphatic heterocycles. The fraction of sp³-hybridized carbons (Fsp3) is 0.556. The summed E-state index contributed by atoms with van der Waals surface area (Å²) in [6, 6.07) is 5.16. The molecule has 0 fully saturated rings. The molecule has 0 saturated carbocycles. The second-order valence-electron chi connectivity index (χ2n) is 7.30. The molecule has 0 aliphatic carbocycles. The maximum Gasteiger partial charge on any atom is 0.410 e. The molecule has 140 valence electrons. The number of rotatable bonds is 5. The molecule has 0 bridgehead atoms. The van der Waals surface area contributed by atoms with Crippen LogP contribution in [0.25, 0.3) is 0 Å². The molecule has 7 heteroatoms. The minimum absolute atomic E-state index is 0.140. The number of anilines is 2. The van der Waals surface area contributed by atoms with Gasteiger partial charge in [0.2, 0.25) is 5.91 Å². The molecule has 0 saturated heterocycles. The van der Waals surface area contributed by atoms with E-state index in [1.54, 1.807) is 19.2 Å². The Morgan fingerprint density at radius 1 is 1.32 bits per heavy atom. The van der Waals surface area contributed by atoms with Gasteiger partial charge in [-0.25, -0.2) is 4.79 Å². The molecule has 1 aromatic carbocycles. The van der Waals surface area contributed by atoms with E-state index in [1.807, 2.05) is 40.7 Å². The molecular weight excluding hydrogens is 386 g/mol. The first-order valence-electron chi connectivity index (χ1n) is 8.22. The van der Waals surface area contributed by atoms with Gasteiger partial charge in [-0.15, -0.1) is 0 Å². The number of nitrogens with zero attached hydrogens (tertiary/aromatic N) is 1. The van der Waals surface area contributed by atoms with Crippen molar-refractivity contribution in [1.82, 2.24) is 4.90 Å². The first kappa shape index (κ1) is 21.3. The number of hydrogen-bond acceptors (Lipinski definition) is 4. The Morgan fingerprint density at radius 2 is 1.92 bits per heavy atom. The zero-order valence-electron chi connectivity index (χ0n) is 15.7. The standard InChI is InChI=1S/C18H28BrN3O3/c1-11(9-12(2)22(6)17(24)25-18(3,4)5)16(23)21-15-8-7-13(19)10-14(15)20/h7-8,10-12H,9,20H2,1-6H3,(H,21,23). The van der Waals surface area contributed by atoms with Crippen LogP contribution >= 0.6 is 15.9 Å². The third-order valence-corrected chi connectivity index (χ3v) is 4.25. The Labute approximate surface area is 158 Å². The number of nitrogens with two attached hydrogens (primary N) is 1. The van der Waals surface area contributed by atoms with Gasteiger partial charge in [0.15, 0.2) is 0 Å². The largest absolute Gasteiger partial charge is 0.444 e. The van der Waals surface area contributed by atoms with Gasteiger partial charge in [0.25, 0.3) is 0 Å². The van der Waals surface area contributed by atoms with Gasteiger partial charge in [-0.05, 0) is 52.3 Å². The number of amides is 2. The van der Waals surface area contributed by atoms with Crippen LogP contribution in [0.5, 0.6) is 0 Å². The second-order valence-corrected chi connectivity index (χ2v) is 8.21. The average molecular weight is 414 g/mol. The Morgan fingerprint density at radius 3 is 2.44 bits per heavy atom. The average Bonchev–Trinajstić information content (AvgIpc) is 2.47. The normalized spacial score (nSPS) is 13.7. The first-order chi connectivity index (χ1) is 11.4. The zero-order valence-corrected chi connectivity index (χ0v) is 17.3. The molecule has 0 heterocycles. The number of nitrogens with one attached hydrogen (secondary N) is 1. The van der Waals surface area contributed by atoms with Crippen LogP contribution < -0.4 is 11.1 Å². The minimum Gasteiger partial charge on any atom is -0.444 e. The maximum atomic E-state index is 12.4. The summed E-state index contributed by atoms with van der Waals surface area (Å²) >= 11 is 3.33. The van der Waals surface area contributed by atoms with Crippen LogP contribution in [0, 0.1) is 5.92 Å². The van der Waals surface area contributed by atoms with Gasteiger partial charge >= 0.3 is 6.09 Å². The third kappa shape index (κ3) is 6.94. The highest BCUT2D eigenvalue weighted by atomic mass is 79.9. The Kier molecular flexibility index (Phi) is 7.29. The summed E-state index contributed by atoms with van der Waals surface area (Å²) in [6.07, 6.45) is 0.114. The summed E-state index contributed by atoms with van der Waals surface area (Å²) in [5.74, 6) is -0.429. The lowest BCUT2D eigenvalue weighted by atomic mass is 10.0. The molecule has 0 aromatic heterocycles. The number of hydrogen-bond donors (Lipinski definition) is 2. The van der Waals surface area contributed by atoms with Crippen molar-refractivity contribution in [2.24, 2.45) is 5.92 Å². The number of halogens is 1. The molecule has 3 N–H and O–H groups in total. The lowest BCUT2D eigenvalue weighted by Gasteiger charge is -2.29. The van der Waals surface area contributed by atoms with Crippen molar-refractivity contribution >= 4 is 39.3 Å². The fourth-order valence-corrected chi connectivity index (χ4v) is 2.57. The number of ether oxygens (including phenoxy) is 1. The molecule has 0 spiro atoms. The van der Waals surface area contributed by atoms with E-state index < -0.39 is 11.7 Å². The van der Waals surface area contributed by atoms with E-state index in [2.05, 4.69) is 21.2 Å². The van der Waals surface area contributed by atoms with Crippen LogP contribution in [0.15, 0.2) is 22.7 Å². The van der Waals surface area contributed by atoms with Crippen LogP contribution in [0.4, 0.5) is 16.2 Å². The van der Waals surface area contributed by atoms with Crippen LogP contribution in [0.3, 0.4) is 0 Å². The molecule has 2 atom stereocenters. The first-order valence-corrected chi connectivity index (χ1v) is 9.01. The molecular formula is C18H28BrN3O3. The van der Waals surface area contributed by atoms with Crippen LogP contribution in [0.1, 0.15) is 41.0 Å². The lowest BCUT2D eigenvalue weighted by Crippen LogP contribution is -2.41. The smallest absolute Gasteiger partial charge is 0.410 e. The lowest BCUT2D eigenvalue weighted by molar-refractivity contribution is -0.120. The van der Waals surface area contributed by atoms with E-state index in [0.29, 0.717) is 17.8 Å². The maximum absolute atomic E-state index is 12.4. The highest BCUT2D eigenvalue weighted by molar-refractivity contribution is 9.10. The predicted octanol–water partition coefficient (Wildman–Crippen LogP) is 4.25. The topological polar surface area (TPSA) is 84.7 Å². The van der Waals surface area contributed by atoms with E-state index in [4.69, 9.17) is 10.5 Å². The van der Waals surface area contributed by atoms with Gasteiger partial charge in [0, 0.05) is 23.5 Å². The second kappa shape index (κ2) is 8.56. The van der Waals surface area contributed by atoms with Crippen molar-refractivity contribution in [3.05, 3.63) is 22.7 Å². The molecule has 6 nitrogen and oxygen atoms in total. The fourth-order valence-electron chi connectivity index (χ4n) is 2.19. The zero-order chi connectivity index (χ0) is 19.4. The third-order valence-electron chi connectivity index (χ3n) is 3.76. The van der Waals surface area contributed by atoms with Gasteiger partial charge in [-0.2, -0.15) is 0 Å². The number of carbonyl (C=O) groups excluding carboxylic acids is 2. The highest BCUT2D eigenvalue weighted by Crippen LogP contribution is 2.24. The van der Waals surface area contributed by atoms with Gasteiger partial charge in [0.05, 0.1) is 11.4 Å². The van der Waals surface area contributed by atoms with E-state index in [-0.39, 0.29) is 17.9 Å². The Balaban J connectivity index is 2.63. The summed E-state index contributed by atoms with van der Waals surface area (Å²) in [5, 5.41) is 2.83. The molecule has 25 heavy (non-hydrogen) atoms. The number of nitrogen functional groups attached to an aromatic ring is 1. The Hall–Kier alpha value is -1.76. The molecule has 1 rings (SSSR count). The van der Waals surface area contributed by atoms with E-state index in [1.165, 1.54) is 4.90 Å². The number of carbonyl (C=O) groups is 2. The van der Waals surface area contributed by atoms with E-state index in [9.17, 15) is 9.59 Å². The van der Waals surface area contributed by atoms with Crippen molar-refractivity contribution < 1.29 is 14.3 Å². The Bertz CT molecular complexity index is 628. The van der Waals surface area contributed by atoms with Gasteiger partial charge < -0.3 is 20.7 Å². The van der Waals surface area contributed by atoms with Gasteiger partial charge in [-0.1, -0.05) is 22.9 Å². The number of benzene rings is 1. The monoisotopic (exact) mass is 413 g/mol. The van der Waals surface area contributed by atoms with Gasteiger partial charge in [0.1, 0.15) is 5.60 Å². The summed E-state index contributed by atoms with van der Waals surface area (Å²) in [6.45, 7) is 9.18. The predicted molar refractivity (Wildman–Crippen MR) is 104 cm³/mol. The van der Waals surface area contributed by atoms with Crippen molar-refractivity contribution in [3.8, 4) is 0 Å². The molecule has 2 unspecified atom stereocenters. The molecule has 0 radical (unpaired) electrons. The summed E-state index contributed by atoms with van der Waals surface area (Å²) < 4.78 is 6.20. The van der Waals surface area contributed by atoms with Crippen molar-refractivity contribution in [1.29, 1.82) is 0 Å². The van der Waals surface area contributed by atoms with E-state index >= 15 is 0 Å². The van der Waals surface area contributed by atoms with E-state index in [0.717, 1.165) is 4.47 Å². The molecule has 2 amide bonds. The SMILES string of the molecule is CC(CC(C)N(C)C(=O)OC(C)(C)C)C(=O)Nc1ccc(Br)cc1N. The van der Waals surface area contributed by atoms with Crippen LogP contribution in [-0.2, 0) is 9.53 Å². The van der Waals surface area contributed by atoms with Crippen molar-refractivity contribution in [2.75, 3.05) is 18.1 Å². The minimum atomic E-state index is -0.548. The summed E-state index contributed by atoms with van der Waals surface area (Å²) in [5.41, 5.74) is 6.43. The summed E-state index contributed by atoms with van der Waals surface area (Å²) in [7, 11) is 1.68. The molecule has 0 aliphatic rings. The van der Waals surface area contributed by atoms with Crippen LogP contribution in [0.2, 0.25) is 0 Å². The molecule has 1 aromatic rings. The van der Waals surface area contributed by atoms with Gasteiger partial charge in [-0.3, -0.25) is 4.79 Å². The van der Waals surface area contributed by atoms with Crippen LogP contribution in [-0.4, -0.2) is 35.6 Å². The highest BCUT2D eigenvalue weighted by Gasteiger charge is 2.25. The quantitative estimate of drug-likeness (QED) is 0.706. The summed E-state index contributed by atoms with van der Waals surface area (Å²) in [4.78, 5) is 26.0.